The molecule has 0 radical (unpaired) electrons. The summed E-state index contributed by atoms with van der Waals surface area (Å²) in [5.74, 6) is 1.46. The van der Waals surface area contributed by atoms with Gasteiger partial charge in [0.15, 0.2) is 16.6 Å². The van der Waals surface area contributed by atoms with Gasteiger partial charge < -0.3 is 14.8 Å². The van der Waals surface area contributed by atoms with Crippen molar-refractivity contribution in [1.82, 2.24) is 10.7 Å². The molecular weight excluding hydrogens is 298 g/mol. The van der Waals surface area contributed by atoms with E-state index in [0.717, 1.165) is 24.3 Å². The number of unbranched alkanes of at least 4 members (excludes halogenated alkanes) is 2. The van der Waals surface area contributed by atoms with Crippen LogP contribution in [-0.4, -0.2) is 31.6 Å². The number of rotatable bonds is 9. The number of hydrogen-bond donors (Lipinski definition) is 2. The number of benzene rings is 1. The van der Waals surface area contributed by atoms with Crippen LogP contribution in [0.25, 0.3) is 0 Å². The fourth-order valence-electron chi connectivity index (χ4n) is 1.78. The largest absolute Gasteiger partial charge is 0.493 e. The summed E-state index contributed by atoms with van der Waals surface area (Å²) in [5.41, 5.74) is 3.66. The summed E-state index contributed by atoms with van der Waals surface area (Å²) in [5, 5.41) is 7.54. The highest BCUT2D eigenvalue weighted by atomic mass is 32.1. The molecule has 0 fully saturated rings. The van der Waals surface area contributed by atoms with E-state index in [1.54, 1.807) is 13.3 Å². The number of hydrazone groups is 1. The minimum atomic E-state index is 0.501. The van der Waals surface area contributed by atoms with Crippen LogP contribution in [0.1, 0.15) is 38.7 Å². The number of ether oxygens (including phenoxy) is 2. The number of nitrogens with one attached hydrogen (secondary N) is 2. The van der Waals surface area contributed by atoms with Crippen molar-refractivity contribution in [3.8, 4) is 11.5 Å². The van der Waals surface area contributed by atoms with Crippen molar-refractivity contribution in [2.75, 3.05) is 20.3 Å². The molecule has 0 bridgehead atoms. The Hall–Kier alpha value is -1.82. The molecule has 0 saturated carbocycles. The number of nitrogens with zero attached hydrogens (tertiary/aromatic N) is 1. The van der Waals surface area contributed by atoms with Crippen LogP contribution in [0.15, 0.2) is 23.3 Å². The van der Waals surface area contributed by atoms with E-state index in [2.05, 4.69) is 22.8 Å². The second kappa shape index (κ2) is 10.8. The Morgan fingerprint density at radius 2 is 2.09 bits per heavy atom. The van der Waals surface area contributed by atoms with Gasteiger partial charge in [-0.25, -0.2) is 0 Å². The first-order valence-electron chi connectivity index (χ1n) is 7.59. The average Bonchev–Trinajstić information content (AvgIpc) is 2.52. The van der Waals surface area contributed by atoms with E-state index in [1.807, 2.05) is 25.1 Å². The lowest BCUT2D eigenvalue weighted by atomic mass is 10.2. The summed E-state index contributed by atoms with van der Waals surface area (Å²) >= 11 is 5.03. The Bertz CT molecular complexity index is 492. The van der Waals surface area contributed by atoms with Crippen molar-refractivity contribution >= 4 is 23.5 Å². The summed E-state index contributed by atoms with van der Waals surface area (Å²) in [4.78, 5) is 0. The summed E-state index contributed by atoms with van der Waals surface area (Å²) in [7, 11) is 1.63. The molecule has 0 aliphatic heterocycles. The SMILES string of the molecule is CCCCCOc1ccc(C=NNC(=S)NCC)cc1OC. The second-order valence-corrected chi connectivity index (χ2v) is 5.10. The quantitative estimate of drug-likeness (QED) is 0.316. The summed E-state index contributed by atoms with van der Waals surface area (Å²) in [6, 6.07) is 5.71. The molecule has 1 aromatic carbocycles. The van der Waals surface area contributed by atoms with Gasteiger partial charge in [-0.15, -0.1) is 0 Å². The monoisotopic (exact) mass is 323 g/mol. The third kappa shape index (κ3) is 6.76. The molecule has 22 heavy (non-hydrogen) atoms. The molecule has 0 aromatic heterocycles. The molecule has 0 heterocycles. The maximum absolute atomic E-state index is 5.74. The molecule has 5 nitrogen and oxygen atoms in total. The van der Waals surface area contributed by atoms with Crippen LogP contribution in [0, 0.1) is 0 Å². The lowest BCUT2D eigenvalue weighted by molar-refractivity contribution is 0.286. The Labute approximate surface area is 138 Å². The van der Waals surface area contributed by atoms with Gasteiger partial charge in [-0.2, -0.15) is 5.10 Å². The zero-order valence-corrected chi connectivity index (χ0v) is 14.3. The van der Waals surface area contributed by atoms with Gasteiger partial charge in [-0.1, -0.05) is 19.8 Å². The molecule has 0 saturated heterocycles. The molecule has 0 unspecified atom stereocenters. The van der Waals surface area contributed by atoms with E-state index in [0.29, 0.717) is 17.5 Å². The number of thiocarbonyl (C=S) groups is 1. The highest BCUT2D eigenvalue weighted by molar-refractivity contribution is 7.80. The van der Waals surface area contributed by atoms with Crippen molar-refractivity contribution in [1.29, 1.82) is 0 Å². The van der Waals surface area contributed by atoms with E-state index in [4.69, 9.17) is 21.7 Å². The van der Waals surface area contributed by atoms with E-state index < -0.39 is 0 Å². The van der Waals surface area contributed by atoms with Crippen LogP contribution < -0.4 is 20.2 Å². The zero-order valence-electron chi connectivity index (χ0n) is 13.5. The van der Waals surface area contributed by atoms with Gasteiger partial charge in [-0.3, -0.25) is 5.43 Å². The first-order chi connectivity index (χ1) is 10.7. The normalized spacial score (nSPS) is 10.5. The van der Waals surface area contributed by atoms with Gasteiger partial charge in [0.2, 0.25) is 0 Å². The topological polar surface area (TPSA) is 54.9 Å². The highest BCUT2D eigenvalue weighted by Gasteiger charge is 2.04. The number of methoxy groups -OCH3 is 1. The van der Waals surface area contributed by atoms with E-state index in [1.165, 1.54) is 12.8 Å². The number of hydrogen-bond acceptors (Lipinski definition) is 4. The van der Waals surface area contributed by atoms with E-state index >= 15 is 0 Å². The Morgan fingerprint density at radius 1 is 1.27 bits per heavy atom. The van der Waals surface area contributed by atoms with Crippen molar-refractivity contribution in [2.24, 2.45) is 5.10 Å². The molecule has 0 aliphatic carbocycles. The fourth-order valence-corrected chi connectivity index (χ4v) is 1.98. The Balaban J connectivity index is 2.59. The van der Waals surface area contributed by atoms with Crippen LogP contribution in [0.5, 0.6) is 11.5 Å². The standard InChI is InChI=1S/C16H25N3O2S/c1-4-6-7-10-21-14-9-8-13(11-15(14)20-3)12-18-19-16(22)17-5-2/h8-9,11-12H,4-7,10H2,1-3H3,(H2,17,19,22). The van der Waals surface area contributed by atoms with E-state index in [9.17, 15) is 0 Å². The Morgan fingerprint density at radius 3 is 2.77 bits per heavy atom. The molecule has 1 rings (SSSR count). The minimum absolute atomic E-state index is 0.501. The smallest absolute Gasteiger partial charge is 0.186 e. The van der Waals surface area contributed by atoms with Gasteiger partial charge in [0.1, 0.15) is 0 Å². The van der Waals surface area contributed by atoms with Crippen LogP contribution in [-0.2, 0) is 0 Å². The van der Waals surface area contributed by atoms with Crippen molar-refractivity contribution in [2.45, 2.75) is 33.1 Å². The highest BCUT2D eigenvalue weighted by Crippen LogP contribution is 2.27. The van der Waals surface area contributed by atoms with Gasteiger partial charge in [0, 0.05) is 6.54 Å². The van der Waals surface area contributed by atoms with Crippen molar-refractivity contribution < 1.29 is 9.47 Å². The third-order valence-corrected chi connectivity index (χ3v) is 3.15. The van der Waals surface area contributed by atoms with Gasteiger partial charge in [0.25, 0.3) is 0 Å². The lowest BCUT2D eigenvalue weighted by Crippen LogP contribution is -2.31. The maximum Gasteiger partial charge on any atom is 0.186 e. The molecule has 6 heteroatoms. The van der Waals surface area contributed by atoms with Crippen LogP contribution in [0.3, 0.4) is 0 Å². The van der Waals surface area contributed by atoms with Gasteiger partial charge >= 0.3 is 0 Å². The predicted octanol–water partition coefficient (Wildman–Crippen LogP) is 3.08. The van der Waals surface area contributed by atoms with E-state index in [-0.39, 0.29) is 0 Å². The zero-order chi connectivity index (χ0) is 16.2. The Kier molecular flexibility index (Phi) is 8.98. The minimum Gasteiger partial charge on any atom is -0.493 e. The van der Waals surface area contributed by atoms with Crippen molar-refractivity contribution in [3.05, 3.63) is 23.8 Å². The van der Waals surface area contributed by atoms with Gasteiger partial charge in [0.05, 0.1) is 19.9 Å². The van der Waals surface area contributed by atoms with Crippen LogP contribution >= 0.6 is 12.2 Å². The van der Waals surface area contributed by atoms with Crippen molar-refractivity contribution in [3.63, 3.8) is 0 Å². The molecule has 1 aromatic rings. The first kappa shape index (κ1) is 18.2. The third-order valence-electron chi connectivity index (χ3n) is 2.91. The molecule has 2 N–H and O–H groups in total. The fraction of sp³-hybridized carbons (Fsp3) is 0.500. The molecule has 0 spiro atoms. The first-order valence-corrected chi connectivity index (χ1v) is 7.99. The maximum atomic E-state index is 5.74. The molecule has 0 amide bonds. The molecule has 122 valence electrons. The average molecular weight is 323 g/mol. The lowest BCUT2D eigenvalue weighted by Gasteiger charge is -2.11. The molecule has 0 atom stereocenters. The molecule has 0 aliphatic rings. The second-order valence-electron chi connectivity index (χ2n) is 4.70. The molecular formula is C16H25N3O2S. The van der Waals surface area contributed by atoms with Crippen LogP contribution in [0.2, 0.25) is 0 Å². The summed E-state index contributed by atoms with van der Waals surface area (Å²) in [6.07, 6.45) is 5.09. The van der Waals surface area contributed by atoms with Crippen LogP contribution in [0.4, 0.5) is 0 Å². The summed E-state index contributed by atoms with van der Waals surface area (Å²) < 4.78 is 11.1. The predicted molar refractivity (Wildman–Crippen MR) is 95.0 cm³/mol. The van der Waals surface area contributed by atoms with Gasteiger partial charge in [-0.05, 0) is 49.3 Å². The summed E-state index contributed by atoms with van der Waals surface area (Å²) in [6.45, 7) is 5.61.